The van der Waals surface area contributed by atoms with E-state index in [1.54, 1.807) is 0 Å². The molecule has 0 amide bonds. The van der Waals surface area contributed by atoms with Crippen molar-refractivity contribution < 1.29 is 0 Å². The Morgan fingerprint density at radius 2 is 2.11 bits per heavy atom. The highest BCUT2D eigenvalue weighted by Gasteiger charge is 2.10. The van der Waals surface area contributed by atoms with Crippen LogP contribution in [0.25, 0.3) is 5.65 Å². The largest absolute Gasteiger partial charge is 0.357 e. The maximum atomic E-state index is 6.09. The van der Waals surface area contributed by atoms with Gasteiger partial charge in [0.05, 0.1) is 23.8 Å². The van der Waals surface area contributed by atoms with Crippen LogP contribution in [0.3, 0.4) is 0 Å². The smallest absolute Gasteiger partial charge is 0.194 e. The third kappa shape index (κ3) is 5.16. The third-order valence-corrected chi connectivity index (χ3v) is 4.51. The number of pyridine rings is 1. The first-order valence-electron chi connectivity index (χ1n) is 8.71. The maximum Gasteiger partial charge on any atom is 0.194 e. The summed E-state index contributed by atoms with van der Waals surface area (Å²) in [7, 11) is 4.02. The quantitative estimate of drug-likeness (QED) is 0.329. The Bertz CT molecular complexity index is 930. The van der Waals surface area contributed by atoms with Crippen molar-refractivity contribution in [1.82, 2.24) is 24.2 Å². The van der Waals surface area contributed by atoms with Crippen molar-refractivity contribution in [1.29, 1.82) is 0 Å². The minimum atomic E-state index is 0. The standard InChI is InChI=1S/C19H25ClN6.HI/c1-5-21-19(25(4)13-17-9-15(20)11-24(17)3)22-10-16-12-26-14(2)7-6-8-18(26)23-16;/h6-9,11-12H,5,10,13H2,1-4H3,(H,21,22);1H. The Balaban J connectivity index is 0.00000261. The number of hydrogen-bond acceptors (Lipinski definition) is 2. The molecular formula is C19H26ClIN6. The summed E-state index contributed by atoms with van der Waals surface area (Å²) >= 11 is 6.09. The molecule has 0 aromatic carbocycles. The van der Waals surface area contributed by atoms with Crippen molar-refractivity contribution in [3.8, 4) is 0 Å². The van der Waals surface area contributed by atoms with E-state index in [1.807, 2.05) is 43.1 Å². The SMILES string of the molecule is CCNC(=NCc1cn2c(C)cccc2n1)N(C)Cc1cc(Cl)cn1C.I. The Morgan fingerprint density at radius 1 is 1.33 bits per heavy atom. The van der Waals surface area contributed by atoms with Gasteiger partial charge in [0, 0.05) is 44.4 Å². The second-order valence-electron chi connectivity index (χ2n) is 6.41. The predicted molar refractivity (Wildman–Crippen MR) is 122 cm³/mol. The average molecular weight is 501 g/mol. The fourth-order valence-corrected chi connectivity index (χ4v) is 3.21. The first kappa shape index (κ1) is 21.6. The van der Waals surface area contributed by atoms with Crippen LogP contribution in [0.1, 0.15) is 24.0 Å². The summed E-state index contributed by atoms with van der Waals surface area (Å²) in [6, 6.07) is 8.08. The molecule has 0 aliphatic carbocycles. The van der Waals surface area contributed by atoms with Crippen LogP contribution in [0.2, 0.25) is 5.02 Å². The lowest BCUT2D eigenvalue weighted by Gasteiger charge is -2.22. The Labute approximate surface area is 182 Å². The molecule has 8 heteroatoms. The number of guanidine groups is 1. The lowest BCUT2D eigenvalue weighted by molar-refractivity contribution is 0.461. The second kappa shape index (κ2) is 9.45. The maximum absolute atomic E-state index is 6.09. The van der Waals surface area contributed by atoms with Crippen LogP contribution in [0, 0.1) is 6.92 Å². The number of imidazole rings is 1. The zero-order valence-electron chi connectivity index (χ0n) is 16.1. The van der Waals surface area contributed by atoms with Crippen LogP contribution in [-0.4, -0.2) is 38.4 Å². The van der Waals surface area contributed by atoms with Crippen LogP contribution in [0.5, 0.6) is 0 Å². The number of rotatable bonds is 5. The molecule has 3 rings (SSSR count). The summed E-state index contributed by atoms with van der Waals surface area (Å²) in [5.41, 5.74) is 4.19. The molecule has 0 atom stereocenters. The molecule has 0 bridgehead atoms. The fourth-order valence-electron chi connectivity index (χ4n) is 2.94. The van der Waals surface area contributed by atoms with Gasteiger partial charge in [0.1, 0.15) is 5.65 Å². The lowest BCUT2D eigenvalue weighted by atomic mass is 10.4. The Morgan fingerprint density at radius 3 is 2.74 bits per heavy atom. The Hall–Kier alpha value is -1.74. The highest BCUT2D eigenvalue weighted by Crippen LogP contribution is 2.14. The van der Waals surface area contributed by atoms with E-state index in [-0.39, 0.29) is 24.0 Å². The normalized spacial score (nSPS) is 11.5. The number of hydrogen-bond donors (Lipinski definition) is 1. The summed E-state index contributed by atoms with van der Waals surface area (Å²) in [6.45, 7) is 6.20. The molecule has 3 aromatic heterocycles. The van der Waals surface area contributed by atoms with E-state index in [0.29, 0.717) is 6.54 Å². The zero-order valence-corrected chi connectivity index (χ0v) is 19.2. The van der Waals surface area contributed by atoms with Gasteiger partial charge in [0.2, 0.25) is 0 Å². The van der Waals surface area contributed by atoms with Crippen LogP contribution in [0.4, 0.5) is 0 Å². The molecule has 0 fully saturated rings. The van der Waals surface area contributed by atoms with E-state index in [9.17, 15) is 0 Å². The molecule has 27 heavy (non-hydrogen) atoms. The van der Waals surface area contributed by atoms with Gasteiger partial charge in [0.15, 0.2) is 5.96 Å². The van der Waals surface area contributed by atoms with Crippen molar-refractivity contribution in [2.75, 3.05) is 13.6 Å². The van der Waals surface area contributed by atoms with Gasteiger partial charge in [-0.1, -0.05) is 17.7 Å². The highest BCUT2D eigenvalue weighted by atomic mass is 127. The third-order valence-electron chi connectivity index (χ3n) is 4.31. The van der Waals surface area contributed by atoms with E-state index < -0.39 is 0 Å². The highest BCUT2D eigenvalue weighted by molar-refractivity contribution is 14.0. The summed E-state index contributed by atoms with van der Waals surface area (Å²) in [4.78, 5) is 11.5. The molecule has 0 unspecified atom stereocenters. The zero-order chi connectivity index (χ0) is 18.7. The van der Waals surface area contributed by atoms with Gasteiger partial charge in [-0.15, -0.1) is 24.0 Å². The van der Waals surface area contributed by atoms with Crippen LogP contribution < -0.4 is 5.32 Å². The van der Waals surface area contributed by atoms with Gasteiger partial charge in [-0.3, -0.25) is 0 Å². The number of halogens is 2. The van der Waals surface area contributed by atoms with Crippen LogP contribution >= 0.6 is 35.6 Å². The van der Waals surface area contributed by atoms with Gasteiger partial charge < -0.3 is 19.2 Å². The molecule has 0 aliphatic heterocycles. The first-order valence-corrected chi connectivity index (χ1v) is 9.09. The summed E-state index contributed by atoms with van der Waals surface area (Å²) in [6.07, 6.45) is 3.96. The molecule has 6 nitrogen and oxygen atoms in total. The number of nitrogens with zero attached hydrogens (tertiary/aromatic N) is 5. The molecule has 1 N–H and O–H groups in total. The van der Waals surface area contributed by atoms with Gasteiger partial charge in [0.25, 0.3) is 0 Å². The van der Waals surface area contributed by atoms with Crippen LogP contribution in [-0.2, 0) is 20.1 Å². The molecule has 0 aliphatic rings. The molecule has 0 saturated carbocycles. The fraction of sp³-hybridized carbons (Fsp3) is 0.368. The monoisotopic (exact) mass is 500 g/mol. The van der Waals surface area contributed by atoms with E-state index in [1.165, 1.54) is 0 Å². The number of fused-ring (bicyclic) bond motifs is 1. The van der Waals surface area contributed by atoms with E-state index in [2.05, 4.69) is 45.7 Å². The van der Waals surface area contributed by atoms with E-state index in [4.69, 9.17) is 16.6 Å². The van der Waals surface area contributed by atoms with Gasteiger partial charge in [-0.05, 0) is 32.0 Å². The first-order chi connectivity index (χ1) is 12.5. The van der Waals surface area contributed by atoms with Crippen molar-refractivity contribution in [2.24, 2.45) is 12.0 Å². The second-order valence-corrected chi connectivity index (χ2v) is 6.85. The van der Waals surface area contributed by atoms with Crippen molar-refractivity contribution in [3.63, 3.8) is 0 Å². The summed E-state index contributed by atoms with van der Waals surface area (Å²) in [5.74, 6) is 0.846. The van der Waals surface area contributed by atoms with Crippen LogP contribution in [0.15, 0.2) is 41.7 Å². The van der Waals surface area contributed by atoms with Gasteiger partial charge >= 0.3 is 0 Å². The molecule has 0 spiro atoms. The molecule has 146 valence electrons. The Kier molecular flexibility index (Phi) is 7.55. The van der Waals surface area contributed by atoms with Gasteiger partial charge in [-0.25, -0.2) is 9.98 Å². The number of aryl methyl sites for hydroxylation is 2. The molecule has 3 heterocycles. The van der Waals surface area contributed by atoms with Gasteiger partial charge in [-0.2, -0.15) is 0 Å². The van der Waals surface area contributed by atoms with Crippen molar-refractivity contribution in [2.45, 2.75) is 26.9 Å². The molecular weight excluding hydrogens is 475 g/mol. The number of aromatic nitrogens is 3. The van der Waals surface area contributed by atoms with E-state index in [0.717, 1.165) is 46.8 Å². The lowest BCUT2D eigenvalue weighted by Crippen LogP contribution is -2.38. The molecule has 3 aromatic rings. The minimum absolute atomic E-state index is 0. The average Bonchev–Trinajstić information content (AvgIpc) is 3.15. The van der Waals surface area contributed by atoms with Crippen molar-refractivity contribution in [3.05, 3.63) is 58.8 Å². The summed E-state index contributed by atoms with van der Waals surface area (Å²) < 4.78 is 4.13. The molecule has 0 radical (unpaired) electrons. The topological polar surface area (TPSA) is 49.9 Å². The van der Waals surface area contributed by atoms with E-state index >= 15 is 0 Å². The molecule has 0 saturated heterocycles. The number of aliphatic imine (C=N–C) groups is 1. The number of nitrogens with one attached hydrogen (secondary N) is 1. The predicted octanol–water partition coefficient (Wildman–Crippen LogP) is 3.85. The summed E-state index contributed by atoms with van der Waals surface area (Å²) in [5, 5.41) is 4.09. The van der Waals surface area contributed by atoms with Crippen molar-refractivity contribution >= 4 is 47.2 Å². The minimum Gasteiger partial charge on any atom is -0.357 e.